The Labute approximate surface area is 192 Å². The van der Waals surface area contributed by atoms with Gasteiger partial charge in [-0.15, -0.1) is 10.2 Å². The van der Waals surface area contributed by atoms with Gasteiger partial charge < -0.3 is 14.8 Å². The zero-order valence-electron chi connectivity index (χ0n) is 19.2. The van der Waals surface area contributed by atoms with Gasteiger partial charge in [0.15, 0.2) is 23.0 Å². The second-order valence-corrected chi connectivity index (χ2v) is 7.87. The van der Waals surface area contributed by atoms with Gasteiger partial charge in [-0.25, -0.2) is 0 Å². The van der Waals surface area contributed by atoms with Gasteiger partial charge in [0.25, 0.3) is 0 Å². The fourth-order valence-electron chi connectivity index (χ4n) is 3.61. The van der Waals surface area contributed by atoms with E-state index >= 15 is 0 Å². The molecule has 0 saturated carbocycles. The van der Waals surface area contributed by atoms with Crippen molar-refractivity contribution in [1.29, 1.82) is 0 Å². The molecule has 4 aromatic rings. The molecule has 0 aliphatic carbocycles. The number of hydrogen-bond donors (Lipinski definition) is 1. The fraction of sp³-hybridized carbons (Fsp3) is 0.280. The van der Waals surface area contributed by atoms with Gasteiger partial charge in [-0.3, -0.25) is 4.79 Å². The van der Waals surface area contributed by atoms with Gasteiger partial charge in [-0.2, -0.15) is 9.61 Å². The van der Waals surface area contributed by atoms with Gasteiger partial charge >= 0.3 is 0 Å². The first-order valence-corrected chi connectivity index (χ1v) is 10.8. The van der Waals surface area contributed by atoms with Crippen LogP contribution >= 0.6 is 0 Å². The van der Waals surface area contributed by atoms with Crippen LogP contribution in [0.15, 0.2) is 54.6 Å². The molecule has 8 nitrogen and oxygen atoms in total. The number of carbonyl (C=O) groups is 1. The number of amides is 1. The highest BCUT2D eigenvalue weighted by molar-refractivity contribution is 5.76. The highest BCUT2D eigenvalue weighted by Crippen LogP contribution is 2.30. The molecule has 1 amide bonds. The van der Waals surface area contributed by atoms with Crippen LogP contribution in [0, 0.1) is 6.92 Å². The van der Waals surface area contributed by atoms with E-state index in [0.717, 1.165) is 16.8 Å². The molecule has 0 spiro atoms. The zero-order chi connectivity index (χ0) is 23.4. The maximum absolute atomic E-state index is 12.6. The number of rotatable bonds is 8. The van der Waals surface area contributed by atoms with Gasteiger partial charge in [0.05, 0.1) is 26.0 Å². The Morgan fingerprint density at radius 1 is 1.00 bits per heavy atom. The average molecular weight is 446 g/mol. The summed E-state index contributed by atoms with van der Waals surface area (Å²) < 4.78 is 12.3. The Morgan fingerprint density at radius 3 is 2.48 bits per heavy atom. The summed E-state index contributed by atoms with van der Waals surface area (Å²) in [6.07, 6.45) is 0.699. The molecule has 0 bridgehead atoms. The largest absolute Gasteiger partial charge is 0.493 e. The third kappa shape index (κ3) is 4.95. The third-order valence-corrected chi connectivity index (χ3v) is 5.54. The normalized spacial score (nSPS) is 11.9. The van der Waals surface area contributed by atoms with Crippen molar-refractivity contribution in [2.75, 3.05) is 14.2 Å². The van der Waals surface area contributed by atoms with E-state index in [1.165, 1.54) is 5.56 Å². The topological polar surface area (TPSA) is 90.6 Å². The Hall–Kier alpha value is -3.94. The maximum atomic E-state index is 12.6. The predicted octanol–water partition coefficient (Wildman–Crippen LogP) is 3.93. The third-order valence-electron chi connectivity index (χ3n) is 5.54. The van der Waals surface area contributed by atoms with Crippen molar-refractivity contribution in [2.45, 2.75) is 32.7 Å². The van der Waals surface area contributed by atoms with E-state index in [1.807, 2.05) is 49.4 Å². The van der Waals surface area contributed by atoms with Crippen LogP contribution in [0.25, 0.3) is 16.9 Å². The number of aryl methyl sites for hydroxylation is 2. The zero-order valence-corrected chi connectivity index (χ0v) is 19.2. The van der Waals surface area contributed by atoms with Crippen LogP contribution in [0.4, 0.5) is 0 Å². The number of fused-ring (bicyclic) bond motifs is 1. The summed E-state index contributed by atoms with van der Waals surface area (Å²) in [5.74, 6) is 1.84. The molecule has 33 heavy (non-hydrogen) atoms. The van der Waals surface area contributed by atoms with Crippen LogP contribution in [0.5, 0.6) is 11.5 Å². The SMILES string of the molecule is COc1ccc([C@@H](C)NC(=O)CCc2nnc3ccc(-c4ccc(C)cc4)nn23)cc1OC. The van der Waals surface area contributed by atoms with Crippen molar-refractivity contribution in [3.8, 4) is 22.8 Å². The second kappa shape index (κ2) is 9.68. The Balaban J connectivity index is 1.43. The van der Waals surface area contributed by atoms with E-state index in [1.54, 1.807) is 18.7 Å². The molecule has 0 saturated heterocycles. The van der Waals surface area contributed by atoms with Crippen LogP contribution < -0.4 is 14.8 Å². The molecule has 1 N–H and O–H groups in total. The van der Waals surface area contributed by atoms with E-state index in [0.29, 0.717) is 29.4 Å². The fourth-order valence-corrected chi connectivity index (χ4v) is 3.61. The number of carbonyl (C=O) groups excluding carboxylic acids is 1. The highest BCUT2D eigenvalue weighted by Gasteiger charge is 2.15. The predicted molar refractivity (Wildman–Crippen MR) is 125 cm³/mol. The number of nitrogens with one attached hydrogen (secondary N) is 1. The maximum Gasteiger partial charge on any atom is 0.220 e. The standard InChI is InChI=1S/C25H27N5O3/c1-16-5-7-18(8-6-16)20-10-12-23-27-28-24(30(23)29-20)13-14-25(31)26-17(2)19-9-11-21(32-3)22(15-19)33-4/h5-12,15,17H,13-14H2,1-4H3,(H,26,31)/t17-/m1/s1. The van der Waals surface area contributed by atoms with E-state index in [-0.39, 0.29) is 18.4 Å². The molecule has 0 aliphatic heterocycles. The monoisotopic (exact) mass is 445 g/mol. The molecule has 2 aromatic heterocycles. The molecule has 0 aliphatic rings. The van der Waals surface area contributed by atoms with Crippen LogP contribution in [-0.2, 0) is 11.2 Å². The molecular formula is C25H27N5O3. The van der Waals surface area contributed by atoms with E-state index < -0.39 is 0 Å². The first-order valence-electron chi connectivity index (χ1n) is 10.8. The minimum atomic E-state index is -0.182. The van der Waals surface area contributed by atoms with E-state index in [4.69, 9.17) is 14.6 Å². The summed E-state index contributed by atoms with van der Waals surface area (Å²) in [7, 11) is 3.18. The lowest BCUT2D eigenvalue weighted by atomic mass is 10.1. The summed E-state index contributed by atoms with van der Waals surface area (Å²) in [4.78, 5) is 12.6. The summed E-state index contributed by atoms with van der Waals surface area (Å²) in [5.41, 5.74) is 4.62. The molecular weight excluding hydrogens is 418 g/mol. The van der Waals surface area contributed by atoms with Crippen molar-refractivity contribution in [2.24, 2.45) is 0 Å². The van der Waals surface area contributed by atoms with Crippen molar-refractivity contribution >= 4 is 11.6 Å². The molecule has 170 valence electrons. The lowest BCUT2D eigenvalue weighted by Crippen LogP contribution is -2.27. The summed E-state index contributed by atoms with van der Waals surface area (Å²) in [6.45, 7) is 3.98. The Kier molecular flexibility index (Phi) is 6.53. The summed E-state index contributed by atoms with van der Waals surface area (Å²) >= 11 is 0. The van der Waals surface area contributed by atoms with Gasteiger partial charge in [0, 0.05) is 18.4 Å². The Morgan fingerprint density at radius 2 is 1.76 bits per heavy atom. The molecule has 2 heterocycles. The first-order chi connectivity index (χ1) is 16.0. The number of hydrogen-bond acceptors (Lipinski definition) is 6. The smallest absolute Gasteiger partial charge is 0.220 e. The van der Waals surface area contributed by atoms with Crippen LogP contribution in [0.3, 0.4) is 0 Å². The molecule has 2 aromatic carbocycles. The van der Waals surface area contributed by atoms with Crippen LogP contribution in [-0.4, -0.2) is 39.9 Å². The molecule has 0 radical (unpaired) electrons. The van der Waals surface area contributed by atoms with Crippen molar-refractivity contribution < 1.29 is 14.3 Å². The van der Waals surface area contributed by atoms with Crippen molar-refractivity contribution in [3.05, 3.63) is 71.5 Å². The van der Waals surface area contributed by atoms with Crippen molar-refractivity contribution in [1.82, 2.24) is 25.1 Å². The average Bonchev–Trinajstić information content (AvgIpc) is 3.25. The number of aromatic nitrogens is 4. The van der Waals surface area contributed by atoms with Crippen molar-refractivity contribution in [3.63, 3.8) is 0 Å². The number of methoxy groups -OCH3 is 2. The lowest BCUT2D eigenvalue weighted by Gasteiger charge is -2.16. The van der Waals surface area contributed by atoms with Crippen LogP contribution in [0.1, 0.15) is 36.3 Å². The molecule has 4 rings (SSSR count). The minimum Gasteiger partial charge on any atom is -0.493 e. The molecule has 0 unspecified atom stereocenters. The highest BCUT2D eigenvalue weighted by atomic mass is 16.5. The number of ether oxygens (including phenoxy) is 2. The molecule has 0 fully saturated rings. The summed E-state index contributed by atoms with van der Waals surface area (Å²) in [5, 5.41) is 16.1. The van der Waals surface area contributed by atoms with Gasteiger partial charge in [0.2, 0.25) is 5.91 Å². The van der Waals surface area contributed by atoms with Gasteiger partial charge in [-0.1, -0.05) is 35.9 Å². The first kappa shape index (κ1) is 22.3. The van der Waals surface area contributed by atoms with E-state index in [9.17, 15) is 4.79 Å². The van der Waals surface area contributed by atoms with Crippen LogP contribution in [0.2, 0.25) is 0 Å². The number of nitrogens with zero attached hydrogens (tertiary/aromatic N) is 4. The second-order valence-electron chi connectivity index (χ2n) is 7.87. The molecule has 8 heteroatoms. The lowest BCUT2D eigenvalue weighted by molar-refractivity contribution is -0.121. The molecule has 1 atom stereocenters. The number of benzene rings is 2. The minimum absolute atomic E-state index is 0.0799. The summed E-state index contributed by atoms with van der Waals surface area (Å²) in [6, 6.07) is 17.4. The Bertz CT molecular complexity index is 1270. The van der Waals surface area contributed by atoms with Gasteiger partial charge in [-0.05, 0) is 43.7 Å². The van der Waals surface area contributed by atoms with E-state index in [2.05, 4.69) is 34.6 Å². The van der Waals surface area contributed by atoms with Gasteiger partial charge in [0.1, 0.15) is 0 Å². The quantitative estimate of drug-likeness (QED) is 0.442.